The van der Waals surface area contributed by atoms with Crippen molar-refractivity contribution in [3.8, 4) is 11.5 Å². The van der Waals surface area contributed by atoms with E-state index >= 15 is 0 Å². The molecule has 2 N–H and O–H groups in total. The summed E-state index contributed by atoms with van der Waals surface area (Å²) in [4.78, 5) is 13.6. The molecule has 0 aromatic heterocycles. The lowest BCUT2D eigenvalue weighted by molar-refractivity contribution is -0.896. The fraction of sp³-hybridized carbons (Fsp3) is 0.381. The largest absolute Gasteiger partial charge is 0.486 e. The van der Waals surface area contributed by atoms with Gasteiger partial charge in [-0.05, 0) is 43.2 Å². The number of carbonyl (C=O) groups is 1. The van der Waals surface area contributed by atoms with E-state index in [2.05, 4.69) is 12.2 Å². The van der Waals surface area contributed by atoms with Gasteiger partial charge >= 0.3 is 0 Å². The highest BCUT2D eigenvalue weighted by Crippen LogP contribution is 2.30. The fourth-order valence-electron chi connectivity index (χ4n) is 3.00. The summed E-state index contributed by atoms with van der Waals surface area (Å²) < 4.78 is 11.8. The van der Waals surface area contributed by atoms with Crippen molar-refractivity contribution in [1.82, 2.24) is 0 Å². The summed E-state index contributed by atoms with van der Waals surface area (Å²) in [5, 5.41) is 2.99. The predicted octanol–water partition coefficient (Wildman–Crippen LogP) is 1.93. The van der Waals surface area contributed by atoms with Crippen LogP contribution in [0.2, 0.25) is 0 Å². The number of para-hydroxylation sites is 2. The number of likely N-dealkylation sites (N-methyl/N-ethyl adjacent to an activating group) is 1. The van der Waals surface area contributed by atoms with Crippen molar-refractivity contribution >= 4 is 11.6 Å². The minimum atomic E-state index is -0.193. The van der Waals surface area contributed by atoms with E-state index in [9.17, 15) is 4.79 Å². The van der Waals surface area contributed by atoms with Crippen molar-refractivity contribution in [2.24, 2.45) is 0 Å². The van der Waals surface area contributed by atoms with Crippen LogP contribution in [0, 0.1) is 0 Å². The number of fused-ring (bicyclic) bond motifs is 1. The number of hydrogen-bond donors (Lipinski definition) is 2. The molecule has 1 amide bonds. The molecule has 0 radical (unpaired) electrons. The highest BCUT2D eigenvalue weighted by Gasteiger charge is 2.28. The Morgan fingerprint density at radius 2 is 1.88 bits per heavy atom. The molecule has 0 bridgehead atoms. The molecule has 1 unspecified atom stereocenters. The van der Waals surface area contributed by atoms with Gasteiger partial charge in [-0.2, -0.15) is 0 Å². The number of amides is 1. The van der Waals surface area contributed by atoms with Gasteiger partial charge in [0.15, 0.2) is 23.6 Å². The number of nitrogens with one attached hydrogen (secondary N) is 2. The lowest BCUT2D eigenvalue weighted by Crippen LogP contribution is -3.15. The summed E-state index contributed by atoms with van der Waals surface area (Å²) in [5.74, 6) is 1.55. The zero-order valence-corrected chi connectivity index (χ0v) is 15.6. The van der Waals surface area contributed by atoms with Crippen LogP contribution in [-0.2, 0) is 11.2 Å². The number of quaternary nitrogens is 1. The summed E-state index contributed by atoms with van der Waals surface area (Å²) in [6.07, 6.45) is 0.924. The van der Waals surface area contributed by atoms with Crippen molar-refractivity contribution in [1.29, 1.82) is 0 Å². The van der Waals surface area contributed by atoms with Crippen molar-refractivity contribution < 1.29 is 19.2 Å². The molecule has 0 fully saturated rings. The minimum Gasteiger partial charge on any atom is -0.486 e. The Morgan fingerprint density at radius 1 is 1.19 bits per heavy atom. The highest BCUT2D eigenvalue weighted by molar-refractivity contribution is 5.93. The molecule has 0 saturated heterocycles. The molecule has 26 heavy (non-hydrogen) atoms. The second-order valence-corrected chi connectivity index (χ2v) is 6.81. The van der Waals surface area contributed by atoms with Gasteiger partial charge in [0.1, 0.15) is 13.2 Å². The van der Waals surface area contributed by atoms with Crippen LogP contribution in [0.1, 0.15) is 19.4 Å². The Kier molecular flexibility index (Phi) is 5.78. The van der Waals surface area contributed by atoms with Crippen molar-refractivity contribution in [2.75, 3.05) is 25.5 Å². The molecule has 1 aliphatic heterocycles. The van der Waals surface area contributed by atoms with Crippen LogP contribution in [0.5, 0.6) is 11.5 Å². The van der Waals surface area contributed by atoms with Gasteiger partial charge in [-0.15, -0.1) is 0 Å². The fourth-order valence-corrected chi connectivity index (χ4v) is 3.00. The van der Waals surface area contributed by atoms with E-state index in [-0.39, 0.29) is 18.1 Å². The average molecular weight is 355 g/mol. The standard InChI is InChI=1S/C21H26N2O3/c1-4-16-9-11-17(12-10-16)22-21(24)15(2)23(3)13-18-14-25-19-7-5-6-8-20(19)26-18/h5-12,15,18H,4,13-14H2,1-3H3,(H,22,24)/p+1/t15-,18-/m1/s1. The highest BCUT2D eigenvalue weighted by atomic mass is 16.6. The third kappa shape index (κ3) is 4.35. The third-order valence-electron chi connectivity index (χ3n) is 4.88. The summed E-state index contributed by atoms with van der Waals surface area (Å²) >= 11 is 0. The topological polar surface area (TPSA) is 52.0 Å². The molecule has 0 spiro atoms. The molecule has 138 valence electrons. The van der Waals surface area contributed by atoms with Crippen LogP contribution < -0.4 is 19.7 Å². The molecular weight excluding hydrogens is 328 g/mol. The average Bonchev–Trinajstić information content (AvgIpc) is 2.67. The Balaban J connectivity index is 1.53. The Labute approximate surface area is 154 Å². The normalized spacial score (nSPS) is 18.0. The number of rotatable bonds is 6. The maximum absolute atomic E-state index is 12.5. The van der Waals surface area contributed by atoms with E-state index in [1.54, 1.807) is 0 Å². The molecule has 2 aromatic carbocycles. The Morgan fingerprint density at radius 3 is 2.58 bits per heavy atom. The minimum absolute atomic E-state index is 0.00359. The van der Waals surface area contributed by atoms with Crippen molar-refractivity contribution in [3.63, 3.8) is 0 Å². The molecule has 1 heterocycles. The van der Waals surface area contributed by atoms with E-state index in [4.69, 9.17) is 9.47 Å². The van der Waals surface area contributed by atoms with Crippen LogP contribution in [-0.4, -0.2) is 38.3 Å². The van der Waals surface area contributed by atoms with Crippen molar-refractivity contribution in [3.05, 3.63) is 54.1 Å². The van der Waals surface area contributed by atoms with Crippen LogP contribution in [0.4, 0.5) is 5.69 Å². The van der Waals surface area contributed by atoms with Gasteiger partial charge in [-0.1, -0.05) is 31.2 Å². The van der Waals surface area contributed by atoms with E-state index in [1.807, 2.05) is 62.5 Å². The second kappa shape index (κ2) is 8.23. The first kappa shape index (κ1) is 18.3. The van der Waals surface area contributed by atoms with Crippen molar-refractivity contribution in [2.45, 2.75) is 32.4 Å². The number of aryl methyl sites for hydroxylation is 1. The second-order valence-electron chi connectivity index (χ2n) is 6.81. The Bertz CT molecular complexity index is 745. The summed E-state index contributed by atoms with van der Waals surface area (Å²) in [7, 11) is 2.01. The maximum atomic E-state index is 12.5. The summed E-state index contributed by atoms with van der Waals surface area (Å²) in [6.45, 7) is 5.24. The van der Waals surface area contributed by atoms with Crippen LogP contribution >= 0.6 is 0 Å². The lowest BCUT2D eigenvalue weighted by atomic mass is 10.1. The molecule has 3 rings (SSSR count). The van der Waals surface area contributed by atoms with Gasteiger partial charge in [0.05, 0.1) is 7.05 Å². The zero-order valence-electron chi connectivity index (χ0n) is 15.6. The monoisotopic (exact) mass is 355 g/mol. The number of anilines is 1. The van der Waals surface area contributed by atoms with Gasteiger partial charge in [0.2, 0.25) is 0 Å². The van der Waals surface area contributed by atoms with E-state index in [0.29, 0.717) is 13.2 Å². The first-order valence-electron chi connectivity index (χ1n) is 9.17. The molecule has 5 nitrogen and oxygen atoms in total. The van der Waals surface area contributed by atoms with E-state index in [0.717, 1.165) is 28.5 Å². The van der Waals surface area contributed by atoms with Gasteiger partial charge in [0.25, 0.3) is 5.91 Å². The molecule has 1 aliphatic rings. The zero-order chi connectivity index (χ0) is 18.5. The molecule has 0 aliphatic carbocycles. The number of hydrogen-bond acceptors (Lipinski definition) is 3. The van der Waals surface area contributed by atoms with Gasteiger partial charge < -0.3 is 19.7 Å². The molecular formula is C21H27N2O3+. The molecule has 3 atom stereocenters. The van der Waals surface area contributed by atoms with E-state index in [1.165, 1.54) is 5.56 Å². The lowest BCUT2D eigenvalue weighted by Gasteiger charge is -2.29. The van der Waals surface area contributed by atoms with Gasteiger partial charge in [-0.25, -0.2) is 0 Å². The quantitative estimate of drug-likeness (QED) is 0.833. The first-order valence-corrected chi connectivity index (χ1v) is 9.17. The summed E-state index contributed by atoms with van der Waals surface area (Å²) in [5.41, 5.74) is 2.09. The van der Waals surface area contributed by atoms with Crippen LogP contribution in [0.25, 0.3) is 0 Å². The first-order chi connectivity index (χ1) is 12.6. The van der Waals surface area contributed by atoms with Crippen LogP contribution in [0.3, 0.4) is 0 Å². The molecule has 0 saturated carbocycles. The molecule has 5 heteroatoms. The number of benzene rings is 2. The predicted molar refractivity (Wildman–Crippen MR) is 102 cm³/mol. The Hall–Kier alpha value is -2.53. The third-order valence-corrected chi connectivity index (χ3v) is 4.88. The smallest absolute Gasteiger partial charge is 0.282 e. The van der Waals surface area contributed by atoms with E-state index < -0.39 is 0 Å². The maximum Gasteiger partial charge on any atom is 0.282 e. The number of carbonyl (C=O) groups excluding carboxylic acids is 1. The van der Waals surface area contributed by atoms with Crippen LogP contribution in [0.15, 0.2) is 48.5 Å². The van der Waals surface area contributed by atoms with Gasteiger partial charge in [-0.3, -0.25) is 4.79 Å². The molecule has 2 aromatic rings. The number of ether oxygens (including phenoxy) is 2. The summed E-state index contributed by atoms with van der Waals surface area (Å²) in [6, 6.07) is 15.5. The SMILES string of the molecule is CCc1ccc(NC(=O)[C@@H](C)[NH+](C)C[C@@H]2COc3ccccc3O2)cc1. The van der Waals surface area contributed by atoms with Gasteiger partial charge in [0, 0.05) is 5.69 Å².